The number of aliphatic carboxylic acids is 1. The maximum Gasteiger partial charge on any atom is 0.326 e. The second kappa shape index (κ2) is 5.21. The van der Waals surface area contributed by atoms with E-state index >= 15 is 0 Å². The molecule has 1 aliphatic heterocycles. The Balaban J connectivity index is 2.41. The predicted molar refractivity (Wildman–Crippen MR) is 54.1 cm³/mol. The molecule has 0 unspecified atom stereocenters. The molecule has 14 heavy (non-hydrogen) atoms. The minimum atomic E-state index is -0.980. The number of hydrogen-bond donors (Lipinski definition) is 3. The fourth-order valence-corrected chi connectivity index (χ4v) is 2.12. The minimum absolute atomic E-state index is 0.218. The van der Waals surface area contributed by atoms with Crippen molar-refractivity contribution in [3.63, 3.8) is 0 Å². The first-order valence-electron chi connectivity index (χ1n) is 4.49. The quantitative estimate of drug-likeness (QED) is 0.600. The standard InChI is InChI=1S/C8H14N2O3S/c1-2-5(8(12)13)10-7(11)6-3-14-4-9-6/h5-6,9H,2-4H2,1H3,(H,10,11)(H,12,13)/t5-,6+/m0/s1. The third-order valence-corrected chi connectivity index (χ3v) is 3.00. The molecule has 3 N–H and O–H groups in total. The SMILES string of the molecule is CC[C@H](NC(=O)[C@H]1CSCN1)C(=O)O. The fourth-order valence-electron chi connectivity index (χ4n) is 1.17. The lowest BCUT2D eigenvalue weighted by Gasteiger charge is -2.15. The molecule has 2 atom stereocenters. The molecule has 0 saturated carbocycles. The molecule has 1 saturated heterocycles. The number of nitrogens with one attached hydrogen (secondary N) is 2. The number of rotatable bonds is 4. The van der Waals surface area contributed by atoms with E-state index in [0.717, 1.165) is 5.88 Å². The van der Waals surface area contributed by atoms with Gasteiger partial charge >= 0.3 is 5.97 Å². The van der Waals surface area contributed by atoms with E-state index in [9.17, 15) is 9.59 Å². The summed E-state index contributed by atoms with van der Waals surface area (Å²) in [6.45, 7) is 1.73. The van der Waals surface area contributed by atoms with Gasteiger partial charge in [-0.2, -0.15) is 0 Å². The monoisotopic (exact) mass is 218 g/mol. The van der Waals surface area contributed by atoms with Gasteiger partial charge in [-0.05, 0) is 6.42 Å². The molecule has 1 fully saturated rings. The van der Waals surface area contributed by atoms with Crippen LogP contribution in [-0.4, -0.2) is 40.7 Å². The van der Waals surface area contributed by atoms with Gasteiger partial charge in [0.05, 0.1) is 6.04 Å². The van der Waals surface area contributed by atoms with Crippen LogP contribution in [0.4, 0.5) is 0 Å². The lowest BCUT2D eigenvalue weighted by molar-refractivity contribution is -0.142. The Morgan fingerprint density at radius 3 is 2.86 bits per heavy atom. The van der Waals surface area contributed by atoms with Crippen LogP contribution in [0.1, 0.15) is 13.3 Å². The van der Waals surface area contributed by atoms with Crippen molar-refractivity contribution < 1.29 is 14.7 Å². The Morgan fingerprint density at radius 1 is 1.71 bits per heavy atom. The molecular formula is C8H14N2O3S. The first-order chi connectivity index (χ1) is 6.65. The summed E-state index contributed by atoms with van der Waals surface area (Å²) < 4.78 is 0. The second-order valence-electron chi connectivity index (χ2n) is 3.08. The van der Waals surface area contributed by atoms with Crippen molar-refractivity contribution in [2.75, 3.05) is 11.6 Å². The van der Waals surface area contributed by atoms with Crippen molar-refractivity contribution >= 4 is 23.6 Å². The number of hydrogen-bond acceptors (Lipinski definition) is 4. The van der Waals surface area contributed by atoms with Crippen LogP contribution in [0.15, 0.2) is 0 Å². The number of carbonyl (C=O) groups excluding carboxylic acids is 1. The molecule has 5 nitrogen and oxygen atoms in total. The molecule has 6 heteroatoms. The van der Waals surface area contributed by atoms with Crippen molar-refractivity contribution in [2.24, 2.45) is 0 Å². The Labute approximate surface area is 86.6 Å². The van der Waals surface area contributed by atoms with Crippen molar-refractivity contribution in [1.29, 1.82) is 0 Å². The van der Waals surface area contributed by atoms with Crippen molar-refractivity contribution in [3.05, 3.63) is 0 Å². The zero-order valence-corrected chi connectivity index (χ0v) is 8.76. The van der Waals surface area contributed by atoms with E-state index in [-0.39, 0.29) is 11.9 Å². The van der Waals surface area contributed by atoms with E-state index in [1.807, 2.05) is 0 Å². The second-order valence-corrected chi connectivity index (χ2v) is 4.11. The van der Waals surface area contributed by atoms with Gasteiger partial charge in [-0.15, -0.1) is 11.8 Å². The number of amides is 1. The molecule has 0 aromatic carbocycles. The highest BCUT2D eigenvalue weighted by atomic mass is 32.2. The summed E-state index contributed by atoms with van der Waals surface area (Å²) in [5, 5.41) is 14.2. The summed E-state index contributed by atoms with van der Waals surface area (Å²) in [4.78, 5) is 22.1. The van der Waals surface area contributed by atoms with Crippen LogP contribution in [0.2, 0.25) is 0 Å². The zero-order valence-electron chi connectivity index (χ0n) is 7.95. The normalized spacial score (nSPS) is 23.1. The third kappa shape index (κ3) is 2.88. The molecule has 1 amide bonds. The van der Waals surface area contributed by atoms with Gasteiger partial charge in [0.25, 0.3) is 0 Å². The van der Waals surface area contributed by atoms with E-state index in [4.69, 9.17) is 5.11 Å². The molecule has 0 aromatic rings. The van der Waals surface area contributed by atoms with Gasteiger partial charge in [0.2, 0.25) is 5.91 Å². The van der Waals surface area contributed by atoms with Gasteiger partial charge in [0, 0.05) is 11.6 Å². The van der Waals surface area contributed by atoms with Crippen molar-refractivity contribution in [2.45, 2.75) is 25.4 Å². The number of carboxylic acid groups (broad SMARTS) is 1. The van der Waals surface area contributed by atoms with Gasteiger partial charge in [0.1, 0.15) is 6.04 Å². The molecule has 0 aliphatic carbocycles. The number of carboxylic acids is 1. The van der Waals surface area contributed by atoms with E-state index in [0.29, 0.717) is 12.2 Å². The first kappa shape index (κ1) is 11.3. The van der Waals surface area contributed by atoms with Crippen LogP contribution in [0.3, 0.4) is 0 Å². The molecule has 1 heterocycles. The summed E-state index contributed by atoms with van der Waals surface area (Å²) >= 11 is 1.63. The van der Waals surface area contributed by atoms with Gasteiger partial charge in [-0.3, -0.25) is 10.1 Å². The van der Waals surface area contributed by atoms with Gasteiger partial charge in [-0.25, -0.2) is 4.79 Å². The van der Waals surface area contributed by atoms with Crippen molar-refractivity contribution in [3.8, 4) is 0 Å². The Bertz CT molecular complexity index is 229. The average molecular weight is 218 g/mol. The molecule has 0 radical (unpaired) electrons. The molecule has 80 valence electrons. The maximum atomic E-state index is 11.5. The molecule has 0 bridgehead atoms. The Hall–Kier alpha value is -0.750. The van der Waals surface area contributed by atoms with E-state index in [2.05, 4.69) is 10.6 Å². The number of thioether (sulfide) groups is 1. The molecule has 0 aromatic heterocycles. The maximum absolute atomic E-state index is 11.5. The predicted octanol–water partition coefficient (Wildman–Crippen LogP) is -0.372. The van der Waals surface area contributed by atoms with Gasteiger partial charge in [0.15, 0.2) is 0 Å². The molecular weight excluding hydrogens is 204 g/mol. The lowest BCUT2D eigenvalue weighted by atomic mass is 10.2. The first-order valence-corrected chi connectivity index (χ1v) is 5.65. The minimum Gasteiger partial charge on any atom is -0.480 e. The van der Waals surface area contributed by atoms with Crippen LogP contribution in [-0.2, 0) is 9.59 Å². The van der Waals surface area contributed by atoms with Crippen LogP contribution >= 0.6 is 11.8 Å². The van der Waals surface area contributed by atoms with Crippen LogP contribution in [0.5, 0.6) is 0 Å². The zero-order chi connectivity index (χ0) is 10.6. The summed E-state index contributed by atoms with van der Waals surface area (Å²) in [6.07, 6.45) is 0.404. The molecule has 1 rings (SSSR count). The molecule has 1 aliphatic rings. The summed E-state index contributed by atoms with van der Waals surface area (Å²) in [6, 6.07) is -1.01. The average Bonchev–Trinajstić information content (AvgIpc) is 2.65. The fraction of sp³-hybridized carbons (Fsp3) is 0.750. The largest absolute Gasteiger partial charge is 0.480 e. The van der Waals surface area contributed by atoms with E-state index < -0.39 is 12.0 Å². The Kier molecular flexibility index (Phi) is 4.21. The highest BCUT2D eigenvalue weighted by Crippen LogP contribution is 2.09. The Morgan fingerprint density at radius 2 is 2.43 bits per heavy atom. The van der Waals surface area contributed by atoms with Crippen LogP contribution in [0, 0.1) is 0 Å². The topological polar surface area (TPSA) is 78.4 Å². The molecule has 0 spiro atoms. The number of carbonyl (C=O) groups is 2. The van der Waals surface area contributed by atoms with Crippen LogP contribution < -0.4 is 10.6 Å². The third-order valence-electron chi connectivity index (χ3n) is 2.06. The summed E-state index contributed by atoms with van der Waals surface area (Å²) in [5.74, 6) is 0.264. The van der Waals surface area contributed by atoms with Crippen molar-refractivity contribution in [1.82, 2.24) is 10.6 Å². The van der Waals surface area contributed by atoms with E-state index in [1.54, 1.807) is 18.7 Å². The van der Waals surface area contributed by atoms with Gasteiger partial charge < -0.3 is 10.4 Å². The van der Waals surface area contributed by atoms with E-state index in [1.165, 1.54) is 0 Å². The highest BCUT2D eigenvalue weighted by Gasteiger charge is 2.26. The summed E-state index contributed by atoms with van der Waals surface area (Å²) in [5.41, 5.74) is 0. The summed E-state index contributed by atoms with van der Waals surface area (Å²) in [7, 11) is 0. The van der Waals surface area contributed by atoms with Gasteiger partial charge in [-0.1, -0.05) is 6.92 Å². The highest BCUT2D eigenvalue weighted by molar-refractivity contribution is 7.99. The van der Waals surface area contributed by atoms with Crippen LogP contribution in [0.25, 0.3) is 0 Å². The smallest absolute Gasteiger partial charge is 0.326 e. The lowest BCUT2D eigenvalue weighted by Crippen LogP contribution is -2.48.